The van der Waals surface area contributed by atoms with E-state index in [1.165, 1.54) is 14.3 Å². The largest absolute Gasteiger partial charge is 0.399 e. The van der Waals surface area contributed by atoms with Crippen molar-refractivity contribution < 1.29 is 5.73 Å². The van der Waals surface area contributed by atoms with Crippen molar-refractivity contribution in [3.8, 4) is 0 Å². The van der Waals surface area contributed by atoms with Crippen LogP contribution >= 0.6 is 22.6 Å². The molecule has 13 heavy (non-hydrogen) atoms. The molecule has 3 heteroatoms. The predicted molar refractivity (Wildman–Crippen MR) is 63.6 cm³/mol. The average molecular weight is 285 g/mol. The molecule has 0 spiro atoms. The molecule has 2 aromatic carbocycles. The molecule has 0 fully saturated rings. The molecule has 0 atom stereocenters. The Morgan fingerprint density at radius 2 is 1.92 bits per heavy atom. The van der Waals surface area contributed by atoms with Crippen LogP contribution in [0.5, 0.6) is 0 Å². The monoisotopic (exact) mass is 285 g/mol. The van der Waals surface area contributed by atoms with Gasteiger partial charge in [-0.2, -0.15) is 0 Å². The second-order valence-electron chi connectivity index (χ2n) is 3.02. The van der Waals surface area contributed by atoms with Gasteiger partial charge in [0.1, 0.15) is 5.69 Å². The van der Waals surface area contributed by atoms with Crippen molar-refractivity contribution in [2.75, 3.05) is 5.73 Å². The summed E-state index contributed by atoms with van der Waals surface area (Å²) in [6.45, 7) is 0. The zero-order valence-corrected chi connectivity index (χ0v) is 9.21. The van der Waals surface area contributed by atoms with E-state index < -0.39 is 0 Å². The summed E-state index contributed by atoms with van der Waals surface area (Å²) in [4.78, 5) is 0. The maximum Gasteiger partial charge on any atom is 0.142 e. The van der Waals surface area contributed by atoms with Gasteiger partial charge in [-0.05, 0) is 46.2 Å². The van der Waals surface area contributed by atoms with Gasteiger partial charge < -0.3 is 11.5 Å². The Kier molecular flexibility index (Phi) is 2.13. The van der Waals surface area contributed by atoms with Gasteiger partial charge in [-0.25, -0.2) is 0 Å². The Morgan fingerprint density at radius 1 is 1.15 bits per heavy atom. The van der Waals surface area contributed by atoms with Crippen LogP contribution in [-0.4, -0.2) is 0 Å². The third kappa shape index (κ3) is 1.49. The number of quaternary nitrogens is 1. The normalized spacial score (nSPS) is 10.6. The molecule has 0 aliphatic heterocycles. The van der Waals surface area contributed by atoms with Gasteiger partial charge in [0.2, 0.25) is 0 Å². The highest BCUT2D eigenvalue weighted by molar-refractivity contribution is 14.1. The van der Waals surface area contributed by atoms with E-state index in [1.807, 2.05) is 24.3 Å². The van der Waals surface area contributed by atoms with Crippen molar-refractivity contribution in [2.45, 2.75) is 0 Å². The van der Waals surface area contributed by atoms with Crippen molar-refractivity contribution in [1.82, 2.24) is 0 Å². The maximum absolute atomic E-state index is 5.69. The molecule has 0 heterocycles. The van der Waals surface area contributed by atoms with Crippen LogP contribution in [0.25, 0.3) is 10.8 Å². The maximum atomic E-state index is 5.69. The summed E-state index contributed by atoms with van der Waals surface area (Å²) < 4.78 is 1.20. The summed E-state index contributed by atoms with van der Waals surface area (Å²) in [6.07, 6.45) is 0. The Balaban J connectivity index is 2.87. The van der Waals surface area contributed by atoms with Gasteiger partial charge in [0.25, 0.3) is 0 Å². The molecule has 0 saturated heterocycles. The molecule has 0 amide bonds. The Labute approximate surface area is 90.1 Å². The van der Waals surface area contributed by atoms with Gasteiger partial charge in [-0.3, -0.25) is 0 Å². The molecule has 5 N–H and O–H groups in total. The van der Waals surface area contributed by atoms with Crippen LogP contribution in [-0.2, 0) is 0 Å². The molecule has 2 aromatic rings. The summed E-state index contributed by atoms with van der Waals surface area (Å²) in [5, 5.41) is 2.40. The Morgan fingerprint density at radius 3 is 2.69 bits per heavy atom. The zero-order chi connectivity index (χ0) is 9.42. The first kappa shape index (κ1) is 8.77. The zero-order valence-electron chi connectivity index (χ0n) is 7.05. The van der Waals surface area contributed by atoms with Crippen LogP contribution in [0.4, 0.5) is 11.4 Å². The molecule has 0 aliphatic rings. The number of hydrogen-bond donors (Lipinski definition) is 2. The lowest BCUT2D eigenvalue weighted by Gasteiger charge is -2.02. The van der Waals surface area contributed by atoms with Crippen LogP contribution in [0.1, 0.15) is 0 Å². The van der Waals surface area contributed by atoms with Gasteiger partial charge in [-0.15, -0.1) is 0 Å². The molecule has 0 unspecified atom stereocenters. The predicted octanol–water partition coefficient (Wildman–Crippen LogP) is 1.90. The standard InChI is InChI=1S/C10H9IN2/c11-10-8-3-2-7(12)5-6(8)1-4-9(10)13/h1-5H,12-13H2/p+1. The van der Waals surface area contributed by atoms with Crippen molar-refractivity contribution >= 4 is 44.7 Å². The van der Waals surface area contributed by atoms with E-state index in [0.29, 0.717) is 0 Å². The van der Waals surface area contributed by atoms with Crippen molar-refractivity contribution in [3.63, 3.8) is 0 Å². The average Bonchev–Trinajstić information content (AvgIpc) is 2.12. The fourth-order valence-electron chi connectivity index (χ4n) is 1.36. The molecule has 2 nitrogen and oxygen atoms in total. The van der Waals surface area contributed by atoms with E-state index in [2.05, 4.69) is 34.4 Å². The van der Waals surface area contributed by atoms with Gasteiger partial charge in [-0.1, -0.05) is 6.07 Å². The van der Waals surface area contributed by atoms with Gasteiger partial charge in [0.05, 0.1) is 3.57 Å². The molecule has 0 aromatic heterocycles. The van der Waals surface area contributed by atoms with Crippen molar-refractivity contribution in [1.29, 1.82) is 0 Å². The lowest BCUT2D eigenvalue weighted by atomic mass is 10.1. The minimum absolute atomic E-state index is 0.806. The van der Waals surface area contributed by atoms with E-state index in [9.17, 15) is 0 Å². The summed E-state index contributed by atoms with van der Waals surface area (Å²) in [6, 6.07) is 10.0. The summed E-state index contributed by atoms with van der Waals surface area (Å²) >= 11 is 2.31. The number of nitrogens with two attached hydrogens (primary N) is 1. The van der Waals surface area contributed by atoms with Crippen molar-refractivity contribution in [2.24, 2.45) is 0 Å². The second kappa shape index (κ2) is 3.16. The quantitative estimate of drug-likeness (QED) is 0.563. The highest BCUT2D eigenvalue weighted by Gasteiger charge is 2.04. The number of halogens is 1. The topological polar surface area (TPSA) is 53.7 Å². The Hall–Kier alpha value is -0.810. The van der Waals surface area contributed by atoms with Gasteiger partial charge >= 0.3 is 0 Å². The smallest absolute Gasteiger partial charge is 0.142 e. The van der Waals surface area contributed by atoms with Crippen LogP contribution in [0.3, 0.4) is 0 Å². The molecule has 0 saturated carbocycles. The lowest BCUT2D eigenvalue weighted by molar-refractivity contribution is -0.255. The first-order valence-corrected chi connectivity index (χ1v) is 5.06. The highest BCUT2D eigenvalue weighted by atomic mass is 127. The van der Waals surface area contributed by atoms with E-state index in [1.54, 1.807) is 0 Å². The van der Waals surface area contributed by atoms with Crippen LogP contribution in [0.15, 0.2) is 30.3 Å². The SMILES string of the molecule is Nc1ccc2c(I)c([NH3+])ccc2c1. The highest BCUT2D eigenvalue weighted by Crippen LogP contribution is 2.26. The number of nitrogen functional groups attached to an aromatic ring is 1. The number of rotatable bonds is 0. The van der Waals surface area contributed by atoms with Crippen LogP contribution < -0.4 is 11.5 Å². The summed E-state index contributed by atoms with van der Waals surface area (Å²) in [5.41, 5.74) is 11.5. The van der Waals surface area contributed by atoms with Crippen molar-refractivity contribution in [3.05, 3.63) is 33.9 Å². The third-order valence-electron chi connectivity index (χ3n) is 2.06. The lowest BCUT2D eigenvalue weighted by Crippen LogP contribution is -2.41. The first-order valence-electron chi connectivity index (χ1n) is 3.98. The number of benzene rings is 2. The van der Waals surface area contributed by atoms with Crippen LogP contribution in [0, 0.1) is 3.57 Å². The van der Waals surface area contributed by atoms with Crippen LogP contribution in [0.2, 0.25) is 0 Å². The molecular weight excluding hydrogens is 275 g/mol. The molecular formula is C10H10IN2+. The van der Waals surface area contributed by atoms with E-state index in [4.69, 9.17) is 5.73 Å². The number of fused-ring (bicyclic) bond motifs is 1. The Bertz CT molecular complexity index is 466. The summed E-state index contributed by atoms with van der Waals surface area (Å²) in [5.74, 6) is 0. The minimum Gasteiger partial charge on any atom is -0.399 e. The molecule has 0 aliphatic carbocycles. The van der Waals surface area contributed by atoms with Gasteiger partial charge in [0, 0.05) is 17.1 Å². The fourth-order valence-corrected chi connectivity index (χ4v) is 2.03. The third-order valence-corrected chi connectivity index (χ3v) is 3.33. The molecule has 0 bridgehead atoms. The van der Waals surface area contributed by atoms with E-state index in [0.717, 1.165) is 11.4 Å². The molecule has 2 rings (SSSR count). The molecule has 66 valence electrons. The first-order chi connectivity index (χ1) is 6.18. The molecule has 0 radical (unpaired) electrons. The summed E-state index contributed by atoms with van der Waals surface area (Å²) in [7, 11) is 0. The van der Waals surface area contributed by atoms with E-state index in [-0.39, 0.29) is 0 Å². The number of anilines is 1. The minimum atomic E-state index is 0.806. The fraction of sp³-hybridized carbons (Fsp3) is 0. The second-order valence-corrected chi connectivity index (χ2v) is 4.10. The van der Waals surface area contributed by atoms with Gasteiger partial charge in [0.15, 0.2) is 0 Å². The number of hydrogen-bond acceptors (Lipinski definition) is 1. The van der Waals surface area contributed by atoms with E-state index >= 15 is 0 Å².